The van der Waals surface area contributed by atoms with E-state index in [0.717, 1.165) is 10.2 Å². The zero-order valence-electron chi connectivity index (χ0n) is 14.9. The van der Waals surface area contributed by atoms with Crippen molar-refractivity contribution in [3.63, 3.8) is 0 Å². The quantitative estimate of drug-likeness (QED) is 0.491. The molecule has 0 spiro atoms. The molecule has 2 rings (SSSR count). The van der Waals surface area contributed by atoms with Gasteiger partial charge in [0, 0.05) is 10.2 Å². The summed E-state index contributed by atoms with van der Waals surface area (Å²) in [5.74, 6) is -0.996. The van der Waals surface area contributed by atoms with Crippen molar-refractivity contribution in [2.75, 3.05) is 23.8 Å². The molecule has 0 amide bonds. The van der Waals surface area contributed by atoms with Gasteiger partial charge in [-0.3, -0.25) is 0 Å². The fourth-order valence-electron chi connectivity index (χ4n) is 2.19. The number of nitrogens with one attached hydrogen (secondary N) is 2. The van der Waals surface area contributed by atoms with Crippen LogP contribution in [0.2, 0.25) is 0 Å². The van der Waals surface area contributed by atoms with Crippen LogP contribution in [-0.2, 0) is 9.47 Å². The monoisotopic (exact) mass is 450 g/mol. The van der Waals surface area contributed by atoms with Gasteiger partial charge in [-0.15, -0.1) is 0 Å². The SMILES string of the molecule is CCOC(=O)c1ccc(C(=O)OCC)c(NC(=S)Nc2ccc(Br)cc2)c1. The molecule has 0 atom stereocenters. The fourth-order valence-corrected chi connectivity index (χ4v) is 2.69. The van der Waals surface area contributed by atoms with Gasteiger partial charge in [0.15, 0.2) is 5.11 Å². The Morgan fingerprint density at radius 1 is 0.963 bits per heavy atom. The average Bonchev–Trinajstić information content (AvgIpc) is 2.64. The van der Waals surface area contributed by atoms with Crippen LogP contribution in [0.1, 0.15) is 34.6 Å². The maximum Gasteiger partial charge on any atom is 0.340 e. The minimum Gasteiger partial charge on any atom is -0.462 e. The summed E-state index contributed by atoms with van der Waals surface area (Å²) in [7, 11) is 0. The Labute approximate surface area is 171 Å². The molecule has 0 aromatic heterocycles. The third-order valence-corrected chi connectivity index (χ3v) is 4.11. The van der Waals surface area contributed by atoms with E-state index in [2.05, 4.69) is 26.6 Å². The van der Waals surface area contributed by atoms with Gasteiger partial charge in [0.1, 0.15) is 0 Å². The van der Waals surface area contributed by atoms with Crippen LogP contribution < -0.4 is 10.6 Å². The van der Waals surface area contributed by atoms with Crippen molar-refractivity contribution in [3.05, 3.63) is 58.1 Å². The predicted molar refractivity (Wildman–Crippen MR) is 112 cm³/mol. The Bertz CT molecular complexity index is 840. The number of halogens is 1. The molecular weight excluding hydrogens is 432 g/mol. The van der Waals surface area contributed by atoms with E-state index in [1.54, 1.807) is 13.8 Å². The van der Waals surface area contributed by atoms with E-state index in [9.17, 15) is 9.59 Å². The Kier molecular flexibility index (Phi) is 7.75. The fraction of sp³-hybridized carbons (Fsp3) is 0.211. The second kappa shape index (κ2) is 10.0. The van der Waals surface area contributed by atoms with Crippen LogP contribution in [0, 0.1) is 0 Å². The smallest absolute Gasteiger partial charge is 0.340 e. The highest BCUT2D eigenvalue weighted by Crippen LogP contribution is 2.21. The number of esters is 2. The summed E-state index contributed by atoms with van der Waals surface area (Å²) < 4.78 is 11.0. The first kappa shape index (κ1) is 20.9. The van der Waals surface area contributed by atoms with Crippen LogP contribution in [-0.4, -0.2) is 30.3 Å². The van der Waals surface area contributed by atoms with Crippen molar-refractivity contribution < 1.29 is 19.1 Å². The highest BCUT2D eigenvalue weighted by Gasteiger charge is 2.17. The molecule has 0 unspecified atom stereocenters. The largest absolute Gasteiger partial charge is 0.462 e. The van der Waals surface area contributed by atoms with Crippen LogP contribution in [0.3, 0.4) is 0 Å². The summed E-state index contributed by atoms with van der Waals surface area (Å²) >= 11 is 8.69. The molecule has 2 aromatic rings. The highest BCUT2D eigenvalue weighted by molar-refractivity contribution is 9.10. The standard InChI is InChI=1S/C19H19BrN2O4S/c1-3-25-17(23)12-5-10-15(18(24)26-4-2)16(11-12)22-19(27)21-14-8-6-13(20)7-9-14/h5-11H,3-4H2,1-2H3,(H2,21,22,27). The van der Waals surface area contributed by atoms with Gasteiger partial charge in [0.2, 0.25) is 0 Å². The number of hydrogen-bond donors (Lipinski definition) is 2. The summed E-state index contributed by atoms with van der Waals surface area (Å²) in [4.78, 5) is 24.2. The molecule has 0 saturated carbocycles. The molecule has 6 nitrogen and oxygen atoms in total. The maximum absolute atomic E-state index is 12.2. The number of anilines is 2. The Hall–Kier alpha value is -2.45. The summed E-state index contributed by atoms with van der Waals surface area (Å²) in [6.45, 7) is 3.93. The van der Waals surface area contributed by atoms with Gasteiger partial charge in [0.05, 0.1) is 30.0 Å². The molecular formula is C19H19BrN2O4S. The van der Waals surface area contributed by atoms with Crippen molar-refractivity contribution in [1.82, 2.24) is 0 Å². The second-order valence-corrected chi connectivity index (χ2v) is 6.61. The first-order valence-electron chi connectivity index (χ1n) is 8.26. The average molecular weight is 451 g/mol. The van der Waals surface area contributed by atoms with Gasteiger partial charge in [0.25, 0.3) is 0 Å². The van der Waals surface area contributed by atoms with Crippen molar-refractivity contribution in [2.45, 2.75) is 13.8 Å². The van der Waals surface area contributed by atoms with E-state index < -0.39 is 11.9 Å². The summed E-state index contributed by atoms with van der Waals surface area (Å²) in [5, 5.41) is 6.24. The second-order valence-electron chi connectivity index (χ2n) is 5.29. The number of carbonyl (C=O) groups excluding carboxylic acids is 2. The van der Waals surface area contributed by atoms with Gasteiger partial charge in [-0.25, -0.2) is 9.59 Å². The van der Waals surface area contributed by atoms with E-state index in [-0.39, 0.29) is 23.9 Å². The van der Waals surface area contributed by atoms with Crippen LogP contribution in [0.25, 0.3) is 0 Å². The first-order chi connectivity index (χ1) is 12.9. The first-order valence-corrected chi connectivity index (χ1v) is 9.46. The lowest BCUT2D eigenvalue weighted by atomic mass is 10.1. The lowest BCUT2D eigenvalue weighted by Crippen LogP contribution is -2.21. The number of carbonyl (C=O) groups is 2. The number of thiocarbonyl (C=S) groups is 1. The molecule has 0 fully saturated rings. The highest BCUT2D eigenvalue weighted by atomic mass is 79.9. The van der Waals surface area contributed by atoms with Gasteiger partial charge in [-0.2, -0.15) is 0 Å². The van der Waals surface area contributed by atoms with E-state index in [4.69, 9.17) is 21.7 Å². The van der Waals surface area contributed by atoms with E-state index in [1.807, 2.05) is 24.3 Å². The van der Waals surface area contributed by atoms with Gasteiger partial charge in [-0.1, -0.05) is 15.9 Å². The van der Waals surface area contributed by atoms with Crippen molar-refractivity contribution >= 4 is 56.6 Å². The third-order valence-electron chi connectivity index (χ3n) is 3.38. The van der Waals surface area contributed by atoms with E-state index in [1.165, 1.54) is 18.2 Å². The molecule has 0 aliphatic rings. The summed E-state index contributed by atoms with van der Waals surface area (Å²) in [6, 6.07) is 12.0. The maximum atomic E-state index is 12.2. The summed E-state index contributed by atoms with van der Waals surface area (Å²) in [6.07, 6.45) is 0. The Morgan fingerprint density at radius 3 is 2.22 bits per heavy atom. The summed E-state index contributed by atoms with van der Waals surface area (Å²) in [5.41, 5.74) is 1.70. The molecule has 8 heteroatoms. The van der Waals surface area contributed by atoms with Crippen molar-refractivity contribution in [3.8, 4) is 0 Å². The molecule has 142 valence electrons. The van der Waals surface area contributed by atoms with Crippen LogP contribution in [0.5, 0.6) is 0 Å². The number of hydrogen-bond acceptors (Lipinski definition) is 5. The van der Waals surface area contributed by atoms with Gasteiger partial charge in [-0.05, 0) is 68.5 Å². The molecule has 2 aromatic carbocycles. The van der Waals surface area contributed by atoms with Crippen LogP contribution >= 0.6 is 28.1 Å². The molecule has 0 aliphatic heterocycles. The van der Waals surface area contributed by atoms with E-state index in [0.29, 0.717) is 11.3 Å². The van der Waals surface area contributed by atoms with E-state index >= 15 is 0 Å². The number of benzene rings is 2. The Morgan fingerprint density at radius 2 is 1.59 bits per heavy atom. The molecule has 27 heavy (non-hydrogen) atoms. The molecule has 0 aliphatic carbocycles. The molecule has 0 radical (unpaired) electrons. The minimum atomic E-state index is -0.512. The predicted octanol–water partition coefficient (Wildman–Crippen LogP) is 4.61. The lowest BCUT2D eigenvalue weighted by molar-refractivity contribution is 0.0512. The minimum absolute atomic E-state index is 0.236. The topological polar surface area (TPSA) is 76.7 Å². The van der Waals surface area contributed by atoms with Crippen LogP contribution in [0.4, 0.5) is 11.4 Å². The molecule has 0 saturated heterocycles. The third kappa shape index (κ3) is 6.04. The molecule has 2 N–H and O–H groups in total. The normalized spacial score (nSPS) is 10.0. The molecule has 0 heterocycles. The Balaban J connectivity index is 2.25. The molecule has 0 bridgehead atoms. The van der Waals surface area contributed by atoms with Gasteiger partial charge >= 0.3 is 11.9 Å². The number of rotatable bonds is 6. The zero-order valence-corrected chi connectivity index (χ0v) is 17.3. The number of ether oxygens (including phenoxy) is 2. The van der Waals surface area contributed by atoms with Crippen molar-refractivity contribution in [2.24, 2.45) is 0 Å². The lowest BCUT2D eigenvalue weighted by Gasteiger charge is -2.15. The van der Waals surface area contributed by atoms with Gasteiger partial charge < -0.3 is 20.1 Å². The zero-order chi connectivity index (χ0) is 19.8. The van der Waals surface area contributed by atoms with Crippen molar-refractivity contribution in [1.29, 1.82) is 0 Å². The van der Waals surface area contributed by atoms with Crippen LogP contribution in [0.15, 0.2) is 46.9 Å².